The standard InChI is InChI=1S/C19H17NO/c1-19(2,3)18-17-15(21-20-18)11-10-13-9-8-12-6-4-5-7-14(12)16(13)17/h4-11H,1-3H3. The van der Waals surface area contributed by atoms with E-state index in [1.807, 2.05) is 6.07 Å². The highest BCUT2D eigenvalue weighted by atomic mass is 16.5. The van der Waals surface area contributed by atoms with Crippen LogP contribution in [0.25, 0.3) is 32.5 Å². The van der Waals surface area contributed by atoms with Crippen molar-refractivity contribution in [2.75, 3.05) is 0 Å². The van der Waals surface area contributed by atoms with Crippen molar-refractivity contribution < 1.29 is 4.52 Å². The van der Waals surface area contributed by atoms with Gasteiger partial charge in [0, 0.05) is 10.8 Å². The molecular weight excluding hydrogens is 258 g/mol. The maximum atomic E-state index is 5.58. The van der Waals surface area contributed by atoms with E-state index in [1.54, 1.807) is 0 Å². The van der Waals surface area contributed by atoms with Gasteiger partial charge in [-0.05, 0) is 22.2 Å². The molecule has 0 saturated heterocycles. The fourth-order valence-corrected chi connectivity index (χ4v) is 3.04. The average molecular weight is 275 g/mol. The zero-order chi connectivity index (χ0) is 14.6. The molecule has 0 N–H and O–H groups in total. The third kappa shape index (κ3) is 1.75. The van der Waals surface area contributed by atoms with Gasteiger partial charge in [-0.1, -0.05) is 68.4 Å². The van der Waals surface area contributed by atoms with E-state index in [9.17, 15) is 0 Å². The van der Waals surface area contributed by atoms with Crippen LogP contribution >= 0.6 is 0 Å². The van der Waals surface area contributed by atoms with E-state index >= 15 is 0 Å². The van der Waals surface area contributed by atoms with E-state index in [2.05, 4.69) is 68.4 Å². The van der Waals surface area contributed by atoms with Gasteiger partial charge >= 0.3 is 0 Å². The van der Waals surface area contributed by atoms with Gasteiger partial charge in [-0.3, -0.25) is 0 Å². The van der Waals surface area contributed by atoms with Crippen molar-refractivity contribution in [1.29, 1.82) is 0 Å². The van der Waals surface area contributed by atoms with E-state index in [1.165, 1.54) is 21.5 Å². The lowest BCUT2D eigenvalue weighted by Crippen LogP contribution is -2.11. The number of hydrogen-bond donors (Lipinski definition) is 0. The van der Waals surface area contributed by atoms with Gasteiger partial charge in [-0.2, -0.15) is 0 Å². The minimum Gasteiger partial charge on any atom is -0.356 e. The van der Waals surface area contributed by atoms with Gasteiger partial charge in [0.05, 0.1) is 11.1 Å². The molecule has 3 aromatic carbocycles. The highest BCUT2D eigenvalue weighted by Crippen LogP contribution is 2.37. The largest absolute Gasteiger partial charge is 0.356 e. The Morgan fingerprint density at radius 1 is 0.810 bits per heavy atom. The van der Waals surface area contributed by atoms with E-state index < -0.39 is 0 Å². The molecule has 0 saturated carbocycles. The van der Waals surface area contributed by atoms with Crippen molar-refractivity contribution >= 4 is 32.5 Å². The van der Waals surface area contributed by atoms with Crippen LogP contribution in [0.4, 0.5) is 0 Å². The Hall–Kier alpha value is -2.35. The van der Waals surface area contributed by atoms with Crippen LogP contribution in [0.1, 0.15) is 26.5 Å². The Balaban J connectivity index is 2.31. The molecule has 4 aromatic rings. The Morgan fingerprint density at radius 2 is 1.52 bits per heavy atom. The van der Waals surface area contributed by atoms with E-state index in [0.717, 1.165) is 16.7 Å². The van der Waals surface area contributed by atoms with Crippen molar-refractivity contribution in [3.05, 3.63) is 54.2 Å². The first-order valence-electron chi connectivity index (χ1n) is 7.26. The second kappa shape index (κ2) is 4.08. The molecule has 0 fully saturated rings. The van der Waals surface area contributed by atoms with Gasteiger partial charge in [0.15, 0.2) is 5.58 Å². The van der Waals surface area contributed by atoms with Crippen molar-refractivity contribution in [3.63, 3.8) is 0 Å². The molecule has 0 aliphatic rings. The zero-order valence-electron chi connectivity index (χ0n) is 12.5. The lowest BCUT2D eigenvalue weighted by Gasteiger charge is -2.15. The molecule has 0 spiro atoms. The maximum Gasteiger partial charge on any atom is 0.167 e. The molecule has 21 heavy (non-hydrogen) atoms. The van der Waals surface area contributed by atoms with Crippen molar-refractivity contribution in [2.45, 2.75) is 26.2 Å². The van der Waals surface area contributed by atoms with Gasteiger partial charge in [0.25, 0.3) is 0 Å². The predicted octanol–water partition coefficient (Wildman–Crippen LogP) is 5.43. The summed E-state index contributed by atoms with van der Waals surface area (Å²) in [5, 5.41) is 10.5. The molecule has 0 aliphatic carbocycles. The Morgan fingerprint density at radius 3 is 2.33 bits per heavy atom. The third-order valence-electron chi connectivity index (χ3n) is 4.05. The SMILES string of the molecule is CC(C)(C)c1noc2ccc3ccc4ccccc4c3c12. The van der Waals surface area contributed by atoms with Gasteiger partial charge < -0.3 is 4.52 Å². The molecule has 0 bridgehead atoms. The molecule has 0 amide bonds. The lowest BCUT2D eigenvalue weighted by molar-refractivity contribution is 0.419. The summed E-state index contributed by atoms with van der Waals surface area (Å²) in [7, 11) is 0. The normalized spacial score (nSPS) is 12.5. The summed E-state index contributed by atoms with van der Waals surface area (Å²) in [6.07, 6.45) is 0. The van der Waals surface area contributed by atoms with Crippen LogP contribution in [0.15, 0.2) is 53.1 Å². The highest BCUT2D eigenvalue weighted by molar-refractivity contribution is 6.20. The van der Waals surface area contributed by atoms with Crippen LogP contribution in [-0.2, 0) is 5.41 Å². The van der Waals surface area contributed by atoms with Crippen molar-refractivity contribution in [1.82, 2.24) is 5.16 Å². The van der Waals surface area contributed by atoms with Crippen LogP contribution in [0.2, 0.25) is 0 Å². The number of fused-ring (bicyclic) bond motifs is 5. The van der Waals surface area contributed by atoms with Crippen molar-refractivity contribution in [2.24, 2.45) is 0 Å². The number of aromatic nitrogens is 1. The second-order valence-corrected chi connectivity index (χ2v) is 6.60. The molecule has 104 valence electrons. The fourth-order valence-electron chi connectivity index (χ4n) is 3.04. The van der Waals surface area contributed by atoms with Gasteiger partial charge in [0.2, 0.25) is 0 Å². The van der Waals surface area contributed by atoms with Crippen molar-refractivity contribution in [3.8, 4) is 0 Å². The molecule has 2 nitrogen and oxygen atoms in total. The number of rotatable bonds is 0. The Kier molecular flexibility index (Phi) is 2.41. The van der Waals surface area contributed by atoms with E-state index in [4.69, 9.17) is 4.52 Å². The van der Waals surface area contributed by atoms with E-state index in [0.29, 0.717) is 0 Å². The van der Waals surface area contributed by atoms with Gasteiger partial charge in [0.1, 0.15) is 0 Å². The number of hydrogen-bond acceptors (Lipinski definition) is 2. The molecule has 4 rings (SSSR count). The molecule has 0 aliphatic heterocycles. The molecule has 1 aromatic heterocycles. The highest BCUT2D eigenvalue weighted by Gasteiger charge is 2.23. The molecule has 1 heterocycles. The predicted molar refractivity (Wildman–Crippen MR) is 87.7 cm³/mol. The van der Waals surface area contributed by atoms with Crippen LogP contribution in [0.5, 0.6) is 0 Å². The summed E-state index contributed by atoms with van der Waals surface area (Å²) in [6, 6.07) is 17.0. The van der Waals surface area contributed by atoms with Crippen LogP contribution in [0, 0.1) is 0 Å². The van der Waals surface area contributed by atoms with Crippen LogP contribution in [0.3, 0.4) is 0 Å². The first kappa shape index (κ1) is 12.4. The first-order valence-corrected chi connectivity index (χ1v) is 7.26. The molecule has 0 unspecified atom stereocenters. The second-order valence-electron chi connectivity index (χ2n) is 6.60. The van der Waals surface area contributed by atoms with E-state index in [-0.39, 0.29) is 5.41 Å². The molecule has 0 radical (unpaired) electrons. The summed E-state index contributed by atoms with van der Waals surface area (Å²) < 4.78 is 5.58. The van der Waals surface area contributed by atoms with Gasteiger partial charge in [-0.15, -0.1) is 0 Å². The molecular formula is C19H17NO. The first-order chi connectivity index (χ1) is 10.1. The zero-order valence-corrected chi connectivity index (χ0v) is 12.5. The summed E-state index contributed by atoms with van der Waals surface area (Å²) in [6.45, 7) is 6.52. The number of benzene rings is 3. The van der Waals surface area contributed by atoms with Crippen LogP contribution in [-0.4, -0.2) is 5.16 Å². The van der Waals surface area contributed by atoms with Gasteiger partial charge in [-0.25, -0.2) is 0 Å². The average Bonchev–Trinajstić information content (AvgIpc) is 2.90. The summed E-state index contributed by atoms with van der Waals surface area (Å²) in [4.78, 5) is 0. The topological polar surface area (TPSA) is 26.0 Å². The summed E-state index contributed by atoms with van der Waals surface area (Å²) >= 11 is 0. The quantitative estimate of drug-likeness (QED) is 0.400. The smallest absolute Gasteiger partial charge is 0.167 e. The molecule has 0 atom stereocenters. The monoisotopic (exact) mass is 275 g/mol. The minimum atomic E-state index is -0.0452. The fraction of sp³-hybridized carbons (Fsp3) is 0.211. The minimum absolute atomic E-state index is 0.0452. The molecule has 2 heteroatoms. The summed E-state index contributed by atoms with van der Waals surface area (Å²) in [5.74, 6) is 0. The Labute approximate surface area is 123 Å². The third-order valence-corrected chi connectivity index (χ3v) is 4.05. The van der Waals surface area contributed by atoms with Crippen LogP contribution < -0.4 is 0 Å². The maximum absolute atomic E-state index is 5.58. The summed E-state index contributed by atoms with van der Waals surface area (Å²) in [5.41, 5.74) is 1.85. The number of nitrogens with zero attached hydrogens (tertiary/aromatic N) is 1. The Bertz CT molecular complexity index is 973. The lowest BCUT2D eigenvalue weighted by atomic mass is 9.87.